The number of amides is 1. The molecule has 0 spiro atoms. The van der Waals surface area contributed by atoms with Gasteiger partial charge in [-0.15, -0.1) is 0 Å². The van der Waals surface area contributed by atoms with E-state index in [1.165, 1.54) is 0 Å². The van der Waals surface area contributed by atoms with Crippen LogP contribution in [0.15, 0.2) is 82.6 Å². The first kappa shape index (κ1) is 18.7. The summed E-state index contributed by atoms with van der Waals surface area (Å²) < 4.78 is 0. The third-order valence-electron chi connectivity index (χ3n) is 4.04. The van der Waals surface area contributed by atoms with E-state index in [0.29, 0.717) is 5.56 Å². The predicted octanol–water partition coefficient (Wildman–Crippen LogP) is 5.22. The number of rotatable bonds is 6. The minimum absolute atomic E-state index is 0.0870. The highest BCUT2D eigenvalue weighted by Crippen LogP contribution is 2.32. The number of hydrogen-bond donors (Lipinski definition) is 2. The number of aromatic nitrogens is 2. The molecule has 3 aromatic rings. The van der Waals surface area contributed by atoms with Gasteiger partial charge in [-0.2, -0.15) is 5.10 Å². The molecule has 0 saturated heterocycles. The lowest BCUT2D eigenvalue weighted by atomic mass is 10.2. The molecule has 0 saturated carbocycles. The number of carbonyl (C=O) groups is 1. The van der Waals surface area contributed by atoms with Crippen LogP contribution >= 0.6 is 11.8 Å². The summed E-state index contributed by atoms with van der Waals surface area (Å²) in [5.41, 5.74) is 3.63. The number of aromatic amines is 1. The van der Waals surface area contributed by atoms with Crippen molar-refractivity contribution in [2.24, 2.45) is 0 Å². The number of allylic oxidation sites excluding steroid dienone is 4. The van der Waals surface area contributed by atoms with Gasteiger partial charge in [-0.25, -0.2) is 0 Å². The Bertz CT molecular complexity index is 1050. The van der Waals surface area contributed by atoms with E-state index in [4.69, 9.17) is 0 Å². The average Bonchev–Trinajstić information content (AvgIpc) is 3.08. The van der Waals surface area contributed by atoms with Crippen molar-refractivity contribution in [1.82, 2.24) is 15.5 Å². The number of benzene rings is 2. The first-order valence-electron chi connectivity index (χ1n) is 8.57. The molecule has 0 fully saturated rings. The number of nitrogens with zero attached hydrogens (tertiary/aromatic N) is 1. The van der Waals surface area contributed by atoms with E-state index in [1.807, 2.05) is 55.5 Å². The summed E-state index contributed by atoms with van der Waals surface area (Å²) in [5.74, 6) is -0.0870. The molecule has 4 nitrogen and oxygen atoms in total. The second-order valence-electron chi connectivity index (χ2n) is 5.97. The number of fused-ring (bicyclic) bond motifs is 1. The van der Waals surface area contributed by atoms with Gasteiger partial charge < -0.3 is 5.32 Å². The smallest absolute Gasteiger partial charge is 0.252 e. The second kappa shape index (κ2) is 8.56. The van der Waals surface area contributed by atoms with Gasteiger partial charge in [0.25, 0.3) is 5.91 Å². The normalized spacial score (nSPS) is 11.9. The Labute approximate surface area is 163 Å². The van der Waals surface area contributed by atoms with Gasteiger partial charge in [-0.3, -0.25) is 9.89 Å². The van der Waals surface area contributed by atoms with Crippen molar-refractivity contribution in [3.63, 3.8) is 0 Å². The van der Waals surface area contributed by atoms with Crippen LogP contribution in [0.2, 0.25) is 0 Å². The maximum atomic E-state index is 12.1. The molecule has 0 unspecified atom stereocenters. The Morgan fingerprint density at radius 1 is 1.26 bits per heavy atom. The SMILES string of the molecule is C=C/C=C(C)/C=C/c1n[nH]c2cc(Sc3ccccc3C(=O)NC)ccc12. The van der Waals surface area contributed by atoms with Gasteiger partial charge in [0.15, 0.2) is 0 Å². The van der Waals surface area contributed by atoms with Gasteiger partial charge in [0.05, 0.1) is 16.8 Å². The molecule has 0 aliphatic heterocycles. The summed E-state index contributed by atoms with van der Waals surface area (Å²) in [5, 5.41) is 11.2. The Balaban J connectivity index is 1.88. The zero-order valence-electron chi connectivity index (χ0n) is 15.3. The van der Waals surface area contributed by atoms with Gasteiger partial charge in [-0.05, 0) is 43.3 Å². The lowest BCUT2D eigenvalue weighted by molar-refractivity contribution is 0.0960. The summed E-state index contributed by atoms with van der Waals surface area (Å²) in [6, 6.07) is 13.7. The molecule has 3 rings (SSSR count). The van der Waals surface area contributed by atoms with E-state index >= 15 is 0 Å². The molecule has 0 bridgehead atoms. The quantitative estimate of drug-likeness (QED) is 0.581. The lowest BCUT2D eigenvalue weighted by Gasteiger charge is -2.08. The predicted molar refractivity (Wildman–Crippen MR) is 113 cm³/mol. The first-order valence-corrected chi connectivity index (χ1v) is 9.38. The maximum Gasteiger partial charge on any atom is 0.252 e. The van der Waals surface area contributed by atoms with Crippen molar-refractivity contribution in [2.75, 3.05) is 7.05 Å². The minimum atomic E-state index is -0.0870. The summed E-state index contributed by atoms with van der Waals surface area (Å²) in [7, 11) is 1.64. The molecule has 136 valence electrons. The van der Waals surface area contributed by atoms with Crippen LogP contribution in [-0.2, 0) is 0 Å². The van der Waals surface area contributed by atoms with Gasteiger partial charge in [0.1, 0.15) is 0 Å². The van der Waals surface area contributed by atoms with Gasteiger partial charge in [-0.1, -0.05) is 54.3 Å². The van der Waals surface area contributed by atoms with Crippen LogP contribution in [0.5, 0.6) is 0 Å². The molecule has 0 aliphatic rings. The van der Waals surface area contributed by atoms with Crippen LogP contribution in [0, 0.1) is 0 Å². The monoisotopic (exact) mass is 375 g/mol. The van der Waals surface area contributed by atoms with E-state index in [9.17, 15) is 4.79 Å². The Morgan fingerprint density at radius 3 is 2.85 bits per heavy atom. The van der Waals surface area contributed by atoms with Gasteiger partial charge in [0, 0.05) is 22.2 Å². The maximum absolute atomic E-state index is 12.1. The number of hydrogen-bond acceptors (Lipinski definition) is 3. The van der Waals surface area contributed by atoms with Crippen molar-refractivity contribution in [3.8, 4) is 0 Å². The largest absolute Gasteiger partial charge is 0.355 e. The molecule has 0 atom stereocenters. The van der Waals surface area contributed by atoms with E-state index in [2.05, 4.69) is 34.2 Å². The molecule has 1 aromatic heterocycles. The topological polar surface area (TPSA) is 57.8 Å². The zero-order chi connectivity index (χ0) is 19.2. The third-order valence-corrected chi connectivity index (χ3v) is 5.10. The molecule has 27 heavy (non-hydrogen) atoms. The summed E-state index contributed by atoms with van der Waals surface area (Å²) in [6.07, 6.45) is 7.72. The summed E-state index contributed by atoms with van der Waals surface area (Å²) in [6.45, 7) is 5.72. The Kier molecular flexibility index (Phi) is 5.94. The van der Waals surface area contributed by atoms with Crippen molar-refractivity contribution in [3.05, 3.63) is 84.1 Å². The van der Waals surface area contributed by atoms with Crippen molar-refractivity contribution in [2.45, 2.75) is 16.7 Å². The standard InChI is InChI=1S/C22H21N3OS/c1-4-7-15(2)10-13-19-17-12-11-16(14-20(17)25-24-19)27-21-9-6-5-8-18(21)22(26)23-3/h4-14H,1H2,2-3H3,(H,23,26)(H,24,25)/b13-10+,15-7+. The lowest BCUT2D eigenvalue weighted by Crippen LogP contribution is -2.18. The molecule has 2 N–H and O–H groups in total. The molecule has 5 heteroatoms. The molecule has 1 amide bonds. The number of carbonyl (C=O) groups excluding carboxylic acids is 1. The fraction of sp³-hybridized carbons (Fsp3) is 0.0909. The molecule has 2 aromatic carbocycles. The van der Waals surface area contributed by atoms with E-state index < -0.39 is 0 Å². The molecule has 0 aliphatic carbocycles. The zero-order valence-corrected chi connectivity index (χ0v) is 16.1. The summed E-state index contributed by atoms with van der Waals surface area (Å²) in [4.78, 5) is 14.0. The number of H-pyrrole nitrogens is 1. The average molecular weight is 375 g/mol. The molecule has 1 heterocycles. The minimum Gasteiger partial charge on any atom is -0.355 e. The van der Waals surface area contributed by atoms with Crippen LogP contribution in [-0.4, -0.2) is 23.2 Å². The summed E-state index contributed by atoms with van der Waals surface area (Å²) >= 11 is 1.56. The number of nitrogens with one attached hydrogen (secondary N) is 2. The highest BCUT2D eigenvalue weighted by Gasteiger charge is 2.11. The second-order valence-corrected chi connectivity index (χ2v) is 7.09. The van der Waals surface area contributed by atoms with Crippen molar-refractivity contribution >= 4 is 34.6 Å². The van der Waals surface area contributed by atoms with E-state index in [-0.39, 0.29) is 5.91 Å². The van der Waals surface area contributed by atoms with E-state index in [1.54, 1.807) is 24.9 Å². The first-order chi connectivity index (χ1) is 13.1. The Morgan fingerprint density at radius 2 is 2.07 bits per heavy atom. The molecular weight excluding hydrogens is 354 g/mol. The van der Waals surface area contributed by atoms with Crippen LogP contribution in [0.3, 0.4) is 0 Å². The highest BCUT2D eigenvalue weighted by atomic mass is 32.2. The van der Waals surface area contributed by atoms with Gasteiger partial charge in [0.2, 0.25) is 0 Å². The fourth-order valence-corrected chi connectivity index (χ4v) is 3.65. The molecular formula is C22H21N3OS. The van der Waals surface area contributed by atoms with E-state index in [0.717, 1.165) is 32.0 Å². The Hall–Kier alpha value is -3.05. The van der Waals surface area contributed by atoms with Crippen LogP contribution < -0.4 is 5.32 Å². The molecule has 0 radical (unpaired) electrons. The van der Waals surface area contributed by atoms with Crippen LogP contribution in [0.4, 0.5) is 0 Å². The highest BCUT2D eigenvalue weighted by molar-refractivity contribution is 7.99. The van der Waals surface area contributed by atoms with Crippen molar-refractivity contribution < 1.29 is 4.79 Å². The fourth-order valence-electron chi connectivity index (χ4n) is 2.67. The van der Waals surface area contributed by atoms with Crippen molar-refractivity contribution in [1.29, 1.82) is 0 Å². The third kappa shape index (κ3) is 4.38. The van der Waals surface area contributed by atoms with Gasteiger partial charge >= 0.3 is 0 Å². The van der Waals surface area contributed by atoms with Crippen LogP contribution in [0.1, 0.15) is 23.0 Å². The van der Waals surface area contributed by atoms with Crippen LogP contribution in [0.25, 0.3) is 17.0 Å².